The van der Waals surface area contributed by atoms with Gasteiger partial charge in [0.05, 0.1) is 22.3 Å². The van der Waals surface area contributed by atoms with Gasteiger partial charge in [-0.2, -0.15) is 0 Å². The van der Waals surface area contributed by atoms with Crippen LogP contribution in [0, 0.1) is 5.92 Å². The molecule has 168 valence electrons. The molecule has 1 fully saturated rings. The van der Waals surface area contributed by atoms with Gasteiger partial charge >= 0.3 is 5.97 Å². The van der Waals surface area contributed by atoms with Crippen molar-refractivity contribution in [1.82, 2.24) is 20.2 Å². The first kappa shape index (κ1) is 22.0. The van der Waals surface area contributed by atoms with E-state index in [1.165, 1.54) is 0 Å². The molecule has 3 aromatic rings. The van der Waals surface area contributed by atoms with Gasteiger partial charge in [-0.3, -0.25) is 15.1 Å². The van der Waals surface area contributed by atoms with Gasteiger partial charge in [0.1, 0.15) is 6.17 Å². The second kappa shape index (κ2) is 8.39. The number of esters is 1. The van der Waals surface area contributed by atoms with Gasteiger partial charge in [-0.05, 0) is 55.3 Å². The van der Waals surface area contributed by atoms with E-state index in [1.54, 1.807) is 6.20 Å². The molecule has 1 aliphatic rings. The highest BCUT2D eigenvalue weighted by molar-refractivity contribution is 5.93. The van der Waals surface area contributed by atoms with Crippen molar-refractivity contribution in [2.75, 3.05) is 0 Å². The number of ether oxygens (including phenoxy) is 1. The second-order valence-electron chi connectivity index (χ2n) is 8.82. The number of pyridine rings is 1. The average Bonchev–Trinajstić information content (AvgIpc) is 3.35. The fourth-order valence-corrected chi connectivity index (χ4v) is 4.05. The van der Waals surface area contributed by atoms with Crippen LogP contribution in [0.1, 0.15) is 68.6 Å². The molecule has 0 saturated carbocycles. The molecule has 7 nitrogen and oxygen atoms in total. The van der Waals surface area contributed by atoms with E-state index in [1.807, 2.05) is 81.8 Å². The number of benzene rings is 1. The minimum Gasteiger partial charge on any atom is -0.438 e. The maximum absolute atomic E-state index is 13.3. The van der Waals surface area contributed by atoms with Crippen LogP contribution in [-0.2, 0) is 16.0 Å². The van der Waals surface area contributed by atoms with Crippen LogP contribution in [0.5, 0.6) is 0 Å². The van der Waals surface area contributed by atoms with Crippen LogP contribution in [0.15, 0.2) is 48.8 Å². The molecular weight excluding hydrogens is 404 g/mol. The number of hydrogen-bond acceptors (Lipinski definition) is 5. The lowest BCUT2D eigenvalue weighted by atomic mass is 9.89. The summed E-state index contributed by atoms with van der Waals surface area (Å²) in [6.45, 7) is 9.69. The molecule has 2 aromatic heterocycles. The van der Waals surface area contributed by atoms with Crippen molar-refractivity contribution >= 4 is 22.8 Å². The van der Waals surface area contributed by atoms with E-state index in [9.17, 15) is 9.59 Å². The summed E-state index contributed by atoms with van der Waals surface area (Å²) < 4.78 is 7.78. The van der Waals surface area contributed by atoms with Gasteiger partial charge in [0.15, 0.2) is 6.23 Å². The Morgan fingerprint density at radius 3 is 2.69 bits per heavy atom. The molecule has 4 rings (SSSR count). The predicted octanol–water partition coefficient (Wildman–Crippen LogP) is 4.11. The first-order chi connectivity index (χ1) is 15.2. The Labute approximate surface area is 188 Å². The summed E-state index contributed by atoms with van der Waals surface area (Å²) in [6, 6.07) is 11.8. The number of para-hydroxylation sites is 1. The van der Waals surface area contributed by atoms with Crippen LogP contribution >= 0.6 is 0 Å². The Balaban J connectivity index is 1.64. The normalized spacial score (nSPS) is 21.7. The summed E-state index contributed by atoms with van der Waals surface area (Å²) >= 11 is 0. The predicted molar refractivity (Wildman–Crippen MR) is 123 cm³/mol. The van der Waals surface area contributed by atoms with E-state index in [0.29, 0.717) is 11.3 Å². The summed E-state index contributed by atoms with van der Waals surface area (Å²) in [4.78, 5) is 30.5. The fourth-order valence-electron chi connectivity index (χ4n) is 4.05. The number of amides is 1. The third-order valence-electron chi connectivity index (χ3n) is 6.52. The number of nitrogens with one attached hydrogen (secondary N) is 2. The molecule has 0 aliphatic carbocycles. The van der Waals surface area contributed by atoms with Crippen molar-refractivity contribution in [1.29, 1.82) is 0 Å². The highest BCUT2D eigenvalue weighted by Crippen LogP contribution is 2.30. The van der Waals surface area contributed by atoms with Crippen LogP contribution in [-0.4, -0.2) is 27.0 Å². The number of aromatic nitrogens is 2. The molecule has 1 saturated heterocycles. The van der Waals surface area contributed by atoms with Gasteiger partial charge in [0.2, 0.25) is 5.91 Å². The number of carbonyl (C=O) groups excluding carboxylic acids is 2. The number of carbonyl (C=O) groups is 2. The zero-order chi connectivity index (χ0) is 23.0. The minimum atomic E-state index is -0.742. The van der Waals surface area contributed by atoms with E-state index in [0.717, 1.165) is 22.9 Å². The van der Waals surface area contributed by atoms with Gasteiger partial charge < -0.3 is 14.6 Å². The number of aryl methyl sites for hydroxylation is 1. The zero-order valence-electron chi connectivity index (χ0n) is 19.2. The third kappa shape index (κ3) is 3.77. The molecule has 3 unspecified atom stereocenters. The van der Waals surface area contributed by atoms with Crippen molar-refractivity contribution in [3.8, 4) is 0 Å². The lowest BCUT2D eigenvalue weighted by molar-refractivity contribution is -0.125. The standard InChI is InChI=1S/C25H30N4O3/c1-6-17-13-19(21(26-14-17)22-27-24(31)25(5,28-22)15(2)3)23(30)32-16(4)29-12-11-18-9-7-8-10-20(18)29/h7-16,22,28H,6H2,1-5H3,(H,27,31). The first-order valence-electron chi connectivity index (χ1n) is 11.1. The van der Waals surface area contributed by atoms with Crippen LogP contribution in [0.4, 0.5) is 0 Å². The molecular formula is C25H30N4O3. The molecule has 2 N–H and O–H groups in total. The maximum Gasteiger partial charge on any atom is 0.342 e. The number of rotatable bonds is 6. The van der Waals surface area contributed by atoms with Gasteiger partial charge in [0.25, 0.3) is 0 Å². The SMILES string of the molecule is CCc1cnc(C2NC(=O)C(C)(C(C)C)N2)c(C(=O)OC(C)n2ccc3ccccc32)c1. The van der Waals surface area contributed by atoms with Crippen LogP contribution in [0.3, 0.4) is 0 Å². The molecule has 1 aliphatic heterocycles. The summed E-state index contributed by atoms with van der Waals surface area (Å²) in [7, 11) is 0. The molecule has 1 aromatic carbocycles. The number of hydrogen-bond donors (Lipinski definition) is 2. The second-order valence-corrected chi connectivity index (χ2v) is 8.82. The van der Waals surface area contributed by atoms with Crippen molar-refractivity contribution < 1.29 is 14.3 Å². The summed E-state index contributed by atoms with van der Waals surface area (Å²) in [5.41, 5.74) is 2.00. The van der Waals surface area contributed by atoms with E-state index in [4.69, 9.17) is 4.74 Å². The fraction of sp³-hybridized carbons (Fsp3) is 0.400. The number of fused-ring (bicyclic) bond motifs is 1. The average molecular weight is 435 g/mol. The van der Waals surface area contributed by atoms with E-state index < -0.39 is 23.9 Å². The van der Waals surface area contributed by atoms with Crippen LogP contribution in [0.25, 0.3) is 10.9 Å². The number of nitrogens with zero attached hydrogens (tertiary/aromatic N) is 2. The highest BCUT2D eigenvalue weighted by atomic mass is 16.6. The Kier molecular flexibility index (Phi) is 5.77. The largest absolute Gasteiger partial charge is 0.438 e. The monoisotopic (exact) mass is 434 g/mol. The van der Waals surface area contributed by atoms with E-state index in [-0.39, 0.29) is 11.8 Å². The Morgan fingerprint density at radius 2 is 2.00 bits per heavy atom. The summed E-state index contributed by atoms with van der Waals surface area (Å²) in [5.74, 6) is -0.507. The summed E-state index contributed by atoms with van der Waals surface area (Å²) in [5, 5.41) is 7.37. The lowest BCUT2D eigenvalue weighted by Gasteiger charge is -2.26. The highest BCUT2D eigenvalue weighted by Gasteiger charge is 2.46. The maximum atomic E-state index is 13.3. The third-order valence-corrected chi connectivity index (χ3v) is 6.52. The lowest BCUT2D eigenvalue weighted by Crippen LogP contribution is -2.48. The Morgan fingerprint density at radius 1 is 1.25 bits per heavy atom. The van der Waals surface area contributed by atoms with E-state index in [2.05, 4.69) is 15.6 Å². The molecule has 1 amide bonds. The molecule has 0 bridgehead atoms. The van der Waals surface area contributed by atoms with Crippen molar-refractivity contribution in [2.45, 2.75) is 59.0 Å². The van der Waals surface area contributed by atoms with Crippen LogP contribution < -0.4 is 10.6 Å². The van der Waals surface area contributed by atoms with Gasteiger partial charge in [-0.25, -0.2) is 4.79 Å². The Bertz CT molecular complexity index is 1170. The molecule has 0 spiro atoms. The summed E-state index contributed by atoms with van der Waals surface area (Å²) in [6.07, 6.45) is 3.32. The van der Waals surface area contributed by atoms with Crippen molar-refractivity contribution in [3.05, 3.63) is 65.6 Å². The molecule has 3 atom stereocenters. The van der Waals surface area contributed by atoms with Gasteiger partial charge in [-0.15, -0.1) is 0 Å². The zero-order valence-corrected chi connectivity index (χ0v) is 19.2. The molecule has 0 radical (unpaired) electrons. The van der Waals surface area contributed by atoms with Crippen LogP contribution in [0.2, 0.25) is 0 Å². The minimum absolute atomic E-state index is 0.0693. The topological polar surface area (TPSA) is 85.2 Å². The quantitative estimate of drug-likeness (QED) is 0.571. The van der Waals surface area contributed by atoms with Gasteiger partial charge in [0, 0.05) is 12.4 Å². The van der Waals surface area contributed by atoms with Gasteiger partial charge in [-0.1, -0.05) is 39.0 Å². The molecule has 7 heteroatoms. The van der Waals surface area contributed by atoms with Crippen molar-refractivity contribution in [2.24, 2.45) is 5.92 Å². The molecule has 3 heterocycles. The van der Waals surface area contributed by atoms with Crippen molar-refractivity contribution in [3.63, 3.8) is 0 Å². The first-order valence-corrected chi connectivity index (χ1v) is 11.1. The smallest absolute Gasteiger partial charge is 0.342 e. The molecule has 32 heavy (non-hydrogen) atoms. The van der Waals surface area contributed by atoms with E-state index >= 15 is 0 Å². The Hall–Kier alpha value is -3.19.